The van der Waals surface area contributed by atoms with E-state index in [4.69, 9.17) is 4.74 Å². The van der Waals surface area contributed by atoms with E-state index in [0.29, 0.717) is 24.5 Å². The minimum atomic E-state index is -3.42. The van der Waals surface area contributed by atoms with Crippen LogP contribution in [0.15, 0.2) is 23.1 Å². The number of sulfonamides is 1. The summed E-state index contributed by atoms with van der Waals surface area (Å²) in [6.45, 7) is 5.75. The lowest BCUT2D eigenvalue weighted by atomic mass is 10.2. The Balaban J connectivity index is 1.90. The first-order valence-electron chi connectivity index (χ1n) is 6.97. The average Bonchev–Trinajstić information content (AvgIpc) is 2.85. The molecule has 0 radical (unpaired) electrons. The van der Waals surface area contributed by atoms with Gasteiger partial charge < -0.3 is 10.1 Å². The zero-order valence-corrected chi connectivity index (χ0v) is 12.8. The van der Waals surface area contributed by atoms with Gasteiger partial charge in [0.1, 0.15) is 0 Å². The first kappa shape index (κ1) is 15.3. The lowest BCUT2D eigenvalue weighted by Crippen LogP contribution is -2.26. The first-order chi connectivity index (χ1) is 9.49. The van der Waals surface area contributed by atoms with Crippen LogP contribution in [-0.2, 0) is 21.2 Å². The SMILES string of the molecule is CC(C)OCCCNS(=O)(=O)c1ccc2c(c1)CCN2. The molecule has 1 aromatic carbocycles. The van der Waals surface area contributed by atoms with Crippen LogP contribution in [0.5, 0.6) is 0 Å². The molecule has 0 aromatic heterocycles. The third-order valence-electron chi connectivity index (χ3n) is 3.16. The van der Waals surface area contributed by atoms with Crippen molar-refractivity contribution in [2.45, 2.75) is 37.7 Å². The minimum Gasteiger partial charge on any atom is -0.384 e. The molecule has 0 spiro atoms. The van der Waals surface area contributed by atoms with E-state index in [9.17, 15) is 8.42 Å². The molecule has 0 saturated carbocycles. The molecule has 112 valence electrons. The van der Waals surface area contributed by atoms with E-state index in [2.05, 4.69) is 10.0 Å². The van der Waals surface area contributed by atoms with Crippen molar-refractivity contribution in [2.24, 2.45) is 0 Å². The van der Waals surface area contributed by atoms with Gasteiger partial charge in [0.05, 0.1) is 11.0 Å². The van der Waals surface area contributed by atoms with Gasteiger partial charge in [-0.15, -0.1) is 0 Å². The van der Waals surface area contributed by atoms with E-state index < -0.39 is 10.0 Å². The lowest BCUT2D eigenvalue weighted by Gasteiger charge is -2.10. The van der Waals surface area contributed by atoms with Gasteiger partial charge in [-0.05, 0) is 50.5 Å². The molecule has 0 fully saturated rings. The van der Waals surface area contributed by atoms with Gasteiger partial charge in [-0.2, -0.15) is 0 Å². The highest BCUT2D eigenvalue weighted by molar-refractivity contribution is 7.89. The van der Waals surface area contributed by atoms with Gasteiger partial charge in [0.25, 0.3) is 0 Å². The zero-order chi connectivity index (χ0) is 14.6. The second-order valence-corrected chi connectivity index (χ2v) is 6.93. The molecule has 0 saturated heterocycles. The molecule has 1 heterocycles. The Labute approximate surface area is 120 Å². The number of anilines is 1. The van der Waals surface area contributed by atoms with E-state index in [-0.39, 0.29) is 6.10 Å². The van der Waals surface area contributed by atoms with Crippen molar-refractivity contribution in [1.82, 2.24) is 4.72 Å². The Morgan fingerprint density at radius 1 is 1.40 bits per heavy atom. The standard InChI is InChI=1S/C14H22N2O3S/c1-11(2)19-9-3-7-16-20(17,18)13-4-5-14-12(10-13)6-8-15-14/h4-5,10-11,15-16H,3,6-9H2,1-2H3. The smallest absolute Gasteiger partial charge is 0.240 e. The lowest BCUT2D eigenvalue weighted by molar-refractivity contribution is 0.0778. The maximum absolute atomic E-state index is 12.2. The summed E-state index contributed by atoms with van der Waals surface area (Å²) in [6.07, 6.45) is 1.72. The van der Waals surface area contributed by atoms with Crippen LogP contribution in [0.2, 0.25) is 0 Å². The summed E-state index contributed by atoms with van der Waals surface area (Å²) in [5, 5.41) is 3.22. The Kier molecular flexibility index (Phi) is 5.01. The van der Waals surface area contributed by atoms with Crippen molar-refractivity contribution in [2.75, 3.05) is 25.0 Å². The van der Waals surface area contributed by atoms with Crippen molar-refractivity contribution >= 4 is 15.7 Å². The van der Waals surface area contributed by atoms with E-state index in [0.717, 1.165) is 24.2 Å². The summed E-state index contributed by atoms with van der Waals surface area (Å²) in [6, 6.07) is 5.23. The Bertz CT molecular complexity index is 556. The van der Waals surface area contributed by atoms with Gasteiger partial charge in [-0.3, -0.25) is 0 Å². The summed E-state index contributed by atoms with van der Waals surface area (Å²) >= 11 is 0. The van der Waals surface area contributed by atoms with Crippen molar-refractivity contribution in [1.29, 1.82) is 0 Å². The predicted octanol–water partition coefficient (Wildman–Crippen LogP) is 1.75. The van der Waals surface area contributed by atoms with Crippen LogP contribution in [0.4, 0.5) is 5.69 Å². The largest absolute Gasteiger partial charge is 0.384 e. The first-order valence-corrected chi connectivity index (χ1v) is 8.45. The minimum absolute atomic E-state index is 0.177. The molecule has 6 heteroatoms. The van der Waals surface area contributed by atoms with Gasteiger partial charge in [0, 0.05) is 25.4 Å². The Hall–Kier alpha value is -1.11. The van der Waals surface area contributed by atoms with Gasteiger partial charge in [-0.25, -0.2) is 13.1 Å². The van der Waals surface area contributed by atoms with Crippen LogP contribution in [-0.4, -0.2) is 34.2 Å². The fourth-order valence-corrected chi connectivity index (χ4v) is 3.25. The van der Waals surface area contributed by atoms with Crippen LogP contribution in [0.3, 0.4) is 0 Å². The fourth-order valence-electron chi connectivity index (χ4n) is 2.13. The quantitative estimate of drug-likeness (QED) is 0.753. The van der Waals surface area contributed by atoms with E-state index >= 15 is 0 Å². The van der Waals surface area contributed by atoms with Crippen LogP contribution in [0.1, 0.15) is 25.8 Å². The number of ether oxygens (including phenoxy) is 1. The maximum atomic E-state index is 12.2. The number of rotatable bonds is 7. The second-order valence-electron chi connectivity index (χ2n) is 5.17. The highest BCUT2D eigenvalue weighted by Gasteiger charge is 2.17. The highest BCUT2D eigenvalue weighted by atomic mass is 32.2. The van der Waals surface area contributed by atoms with Gasteiger partial charge in [0.2, 0.25) is 10.0 Å². The molecular weight excluding hydrogens is 276 g/mol. The molecule has 0 amide bonds. The van der Waals surface area contributed by atoms with Gasteiger partial charge in [0.15, 0.2) is 0 Å². The van der Waals surface area contributed by atoms with E-state index in [1.54, 1.807) is 12.1 Å². The Morgan fingerprint density at radius 2 is 2.20 bits per heavy atom. The van der Waals surface area contributed by atoms with E-state index in [1.807, 2.05) is 19.9 Å². The monoisotopic (exact) mass is 298 g/mol. The molecule has 0 bridgehead atoms. The fraction of sp³-hybridized carbons (Fsp3) is 0.571. The molecule has 0 unspecified atom stereocenters. The molecule has 5 nitrogen and oxygen atoms in total. The van der Waals surface area contributed by atoms with Crippen molar-refractivity contribution < 1.29 is 13.2 Å². The third kappa shape index (κ3) is 3.94. The molecular formula is C14H22N2O3S. The maximum Gasteiger partial charge on any atom is 0.240 e. The highest BCUT2D eigenvalue weighted by Crippen LogP contribution is 2.24. The number of benzene rings is 1. The zero-order valence-electron chi connectivity index (χ0n) is 12.0. The molecule has 0 atom stereocenters. The molecule has 2 N–H and O–H groups in total. The van der Waals surface area contributed by atoms with Crippen molar-refractivity contribution in [3.8, 4) is 0 Å². The summed E-state index contributed by atoms with van der Waals surface area (Å²) in [5.74, 6) is 0. The normalized spacial score (nSPS) is 14.3. The molecule has 2 rings (SSSR count). The average molecular weight is 298 g/mol. The predicted molar refractivity (Wildman–Crippen MR) is 79.5 cm³/mol. The molecule has 20 heavy (non-hydrogen) atoms. The van der Waals surface area contributed by atoms with Crippen molar-refractivity contribution in [3.05, 3.63) is 23.8 Å². The summed E-state index contributed by atoms with van der Waals surface area (Å²) in [4.78, 5) is 0.338. The van der Waals surface area contributed by atoms with Crippen LogP contribution in [0, 0.1) is 0 Å². The van der Waals surface area contributed by atoms with Crippen LogP contribution in [0.25, 0.3) is 0 Å². The second kappa shape index (κ2) is 6.56. The molecule has 1 aliphatic rings. The number of hydrogen-bond donors (Lipinski definition) is 2. The molecule has 1 aromatic rings. The number of hydrogen-bond acceptors (Lipinski definition) is 4. The van der Waals surface area contributed by atoms with Crippen LogP contribution < -0.4 is 10.0 Å². The van der Waals surface area contributed by atoms with Crippen LogP contribution >= 0.6 is 0 Å². The number of nitrogens with one attached hydrogen (secondary N) is 2. The molecule has 0 aliphatic carbocycles. The van der Waals surface area contributed by atoms with Crippen molar-refractivity contribution in [3.63, 3.8) is 0 Å². The topological polar surface area (TPSA) is 67.4 Å². The van der Waals surface area contributed by atoms with E-state index in [1.165, 1.54) is 0 Å². The third-order valence-corrected chi connectivity index (χ3v) is 4.62. The summed E-state index contributed by atoms with van der Waals surface area (Å²) in [5.41, 5.74) is 2.10. The number of fused-ring (bicyclic) bond motifs is 1. The van der Waals surface area contributed by atoms with Gasteiger partial charge in [-0.1, -0.05) is 0 Å². The summed E-state index contributed by atoms with van der Waals surface area (Å²) < 4.78 is 32.3. The molecule has 1 aliphatic heterocycles. The van der Waals surface area contributed by atoms with Gasteiger partial charge >= 0.3 is 0 Å². The Morgan fingerprint density at radius 3 is 2.95 bits per heavy atom. The summed E-state index contributed by atoms with van der Waals surface area (Å²) in [7, 11) is -3.42.